The summed E-state index contributed by atoms with van der Waals surface area (Å²) in [6, 6.07) is 6.40. The van der Waals surface area contributed by atoms with E-state index >= 15 is 0 Å². The molecular formula is C18H21N5O2S. The van der Waals surface area contributed by atoms with Crippen LogP contribution in [0.25, 0.3) is 5.52 Å². The van der Waals surface area contributed by atoms with E-state index in [4.69, 9.17) is 4.74 Å². The summed E-state index contributed by atoms with van der Waals surface area (Å²) < 4.78 is 8.00. The Morgan fingerprint density at radius 3 is 3.15 bits per heavy atom. The van der Waals surface area contributed by atoms with E-state index in [1.165, 1.54) is 18.3 Å². The molecule has 1 amide bonds. The van der Waals surface area contributed by atoms with Gasteiger partial charge in [0.25, 0.3) is 0 Å². The molecule has 0 aromatic carbocycles. The van der Waals surface area contributed by atoms with Crippen molar-refractivity contribution >= 4 is 27.9 Å². The lowest BCUT2D eigenvalue weighted by Crippen LogP contribution is -2.27. The minimum Gasteiger partial charge on any atom is -0.487 e. The Morgan fingerprint density at radius 1 is 1.42 bits per heavy atom. The molecule has 3 aromatic heterocycles. The average Bonchev–Trinajstić information content (AvgIpc) is 3.29. The third-order valence-corrected chi connectivity index (χ3v) is 5.43. The highest BCUT2D eigenvalue weighted by Gasteiger charge is 2.30. The molecule has 1 N–H and O–H groups in total. The summed E-state index contributed by atoms with van der Waals surface area (Å²) in [5.74, 6) is 0.744. The Kier molecular flexibility index (Phi) is 4.60. The minimum atomic E-state index is -0.0944. The number of rotatable bonds is 5. The number of aromatic nitrogens is 3. The summed E-state index contributed by atoms with van der Waals surface area (Å²) in [5.41, 5.74) is 1.05. The van der Waals surface area contributed by atoms with Gasteiger partial charge in [0.15, 0.2) is 5.13 Å². The van der Waals surface area contributed by atoms with Gasteiger partial charge in [0, 0.05) is 49.7 Å². The fourth-order valence-corrected chi connectivity index (χ4v) is 4.18. The molecule has 1 aliphatic rings. The summed E-state index contributed by atoms with van der Waals surface area (Å²) in [4.78, 5) is 18.9. The van der Waals surface area contributed by atoms with Crippen LogP contribution < -0.4 is 10.1 Å². The van der Waals surface area contributed by atoms with Gasteiger partial charge in [-0.05, 0) is 25.1 Å². The maximum atomic E-state index is 11.1. The van der Waals surface area contributed by atoms with Crippen molar-refractivity contribution < 1.29 is 9.53 Å². The Balaban J connectivity index is 1.37. The molecule has 2 atom stereocenters. The highest BCUT2D eigenvalue weighted by molar-refractivity contribution is 7.15. The molecule has 4 heterocycles. The van der Waals surface area contributed by atoms with Crippen LogP contribution in [-0.4, -0.2) is 44.1 Å². The Morgan fingerprint density at radius 2 is 2.31 bits per heavy atom. The van der Waals surface area contributed by atoms with Crippen molar-refractivity contribution in [2.45, 2.75) is 39.0 Å². The minimum absolute atomic E-state index is 0.0944. The van der Waals surface area contributed by atoms with Crippen LogP contribution >= 0.6 is 11.3 Å². The molecule has 1 aliphatic heterocycles. The van der Waals surface area contributed by atoms with Crippen LogP contribution in [0.4, 0.5) is 5.13 Å². The van der Waals surface area contributed by atoms with E-state index in [0.717, 1.165) is 35.7 Å². The number of ether oxygens (including phenoxy) is 1. The molecular weight excluding hydrogens is 350 g/mol. The maximum absolute atomic E-state index is 11.1. The number of nitrogens with zero attached hydrogens (tertiary/aromatic N) is 4. The van der Waals surface area contributed by atoms with Crippen LogP contribution in [0.1, 0.15) is 25.1 Å². The van der Waals surface area contributed by atoms with Gasteiger partial charge in [-0.25, -0.2) is 9.50 Å². The summed E-state index contributed by atoms with van der Waals surface area (Å²) in [5, 5.41) is 7.64. The van der Waals surface area contributed by atoms with E-state index in [1.807, 2.05) is 35.1 Å². The first-order valence-electron chi connectivity index (χ1n) is 8.63. The van der Waals surface area contributed by atoms with E-state index in [-0.39, 0.29) is 12.0 Å². The van der Waals surface area contributed by atoms with Crippen LogP contribution in [0.3, 0.4) is 0 Å². The molecule has 1 saturated heterocycles. The molecule has 3 aromatic rings. The predicted molar refractivity (Wildman–Crippen MR) is 101 cm³/mol. The lowest BCUT2D eigenvalue weighted by Gasteiger charge is -2.19. The van der Waals surface area contributed by atoms with Gasteiger partial charge in [-0.15, -0.1) is 11.3 Å². The standard InChI is InChI=1S/C18H21N5O2S/c1-12-7-16(25-15-4-3-14-5-6-20-23(14)10-15)9-22(12)11-17-8-19-18(26-17)21-13(2)24/h3-6,8,10,12,16H,7,9,11H2,1-2H3,(H,19,21,24)/t12-,16+/m0/s1. The monoisotopic (exact) mass is 371 g/mol. The van der Waals surface area contributed by atoms with Crippen molar-refractivity contribution in [1.82, 2.24) is 19.5 Å². The van der Waals surface area contributed by atoms with Crippen LogP contribution in [0.5, 0.6) is 5.75 Å². The fraction of sp³-hybridized carbons (Fsp3) is 0.389. The molecule has 26 heavy (non-hydrogen) atoms. The zero-order valence-electron chi connectivity index (χ0n) is 14.8. The predicted octanol–water partition coefficient (Wildman–Crippen LogP) is 2.79. The zero-order valence-corrected chi connectivity index (χ0v) is 15.6. The molecule has 4 rings (SSSR count). The Bertz CT molecular complexity index is 921. The lowest BCUT2D eigenvalue weighted by atomic mass is 10.2. The molecule has 0 unspecified atom stereocenters. The topological polar surface area (TPSA) is 71.8 Å². The summed E-state index contributed by atoms with van der Waals surface area (Å²) in [6.07, 6.45) is 6.67. The van der Waals surface area contributed by atoms with E-state index in [9.17, 15) is 4.79 Å². The number of carbonyl (C=O) groups is 1. The first-order chi connectivity index (χ1) is 12.6. The molecule has 7 nitrogen and oxygen atoms in total. The third-order valence-electron chi connectivity index (χ3n) is 4.53. The smallest absolute Gasteiger partial charge is 0.223 e. The number of hydrogen-bond donors (Lipinski definition) is 1. The van der Waals surface area contributed by atoms with E-state index in [1.54, 1.807) is 6.20 Å². The number of thiazole rings is 1. The van der Waals surface area contributed by atoms with Gasteiger partial charge in [0.05, 0.1) is 11.7 Å². The van der Waals surface area contributed by atoms with Gasteiger partial charge in [-0.3, -0.25) is 9.69 Å². The van der Waals surface area contributed by atoms with Gasteiger partial charge in [0.2, 0.25) is 5.91 Å². The van der Waals surface area contributed by atoms with Crippen molar-refractivity contribution in [3.05, 3.63) is 41.7 Å². The zero-order chi connectivity index (χ0) is 18.1. The second-order valence-corrected chi connectivity index (χ2v) is 7.75. The molecule has 0 radical (unpaired) electrons. The van der Waals surface area contributed by atoms with Crippen molar-refractivity contribution in [3.8, 4) is 5.75 Å². The van der Waals surface area contributed by atoms with E-state index in [2.05, 4.69) is 27.2 Å². The van der Waals surface area contributed by atoms with Gasteiger partial charge in [-0.2, -0.15) is 5.10 Å². The quantitative estimate of drug-likeness (QED) is 0.747. The van der Waals surface area contributed by atoms with Crippen LogP contribution in [0.15, 0.2) is 36.8 Å². The molecule has 1 fully saturated rings. The van der Waals surface area contributed by atoms with Crippen molar-refractivity contribution in [3.63, 3.8) is 0 Å². The third kappa shape index (κ3) is 3.71. The second kappa shape index (κ2) is 7.05. The van der Waals surface area contributed by atoms with Crippen molar-refractivity contribution in [2.75, 3.05) is 11.9 Å². The average molecular weight is 371 g/mol. The van der Waals surface area contributed by atoms with Gasteiger partial charge < -0.3 is 10.1 Å². The van der Waals surface area contributed by atoms with Gasteiger partial charge in [0.1, 0.15) is 11.9 Å². The summed E-state index contributed by atoms with van der Waals surface area (Å²) >= 11 is 1.52. The maximum Gasteiger partial charge on any atom is 0.223 e. The second-order valence-electron chi connectivity index (χ2n) is 6.63. The SMILES string of the molecule is CC(=O)Nc1ncc(CN2C[C@H](Oc3ccc4ccnn4c3)C[C@@H]2C)s1. The number of fused-ring (bicyclic) bond motifs is 1. The van der Waals surface area contributed by atoms with Crippen LogP contribution in [0.2, 0.25) is 0 Å². The molecule has 0 aliphatic carbocycles. The summed E-state index contributed by atoms with van der Waals surface area (Å²) in [7, 11) is 0. The number of anilines is 1. The molecule has 0 bridgehead atoms. The Hall–Kier alpha value is -2.45. The molecule has 0 saturated carbocycles. The number of nitrogens with one attached hydrogen (secondary N) is 1. The lowest BCUT2D eigenvalue weighted by molar-refractivity contribution is -0.114. The van der Waals surface area contributed by atoms with E-state index in [0.29, 0.717) is 11.2 Å². The summed E-state index contributed by atoms with van der Waals surface area (Å²) in [6.45, 7) is 5.39. The first kappa shape index (κ1) is 17.0. The van der Waals surface area contributed by atoms with Gasteiger partial charge >= 0.3 is 0 Å². The number of amides is 1. The molecule has 136 valence electrons. The fourth-order valence-electron chi connectivity index (χ4n) is 3.30. The highest BCUT2D eigenvalue weighted by Crippen LogP contribution is 2.27. The van der Waals surface area contributed by atoms with Crippen molar-refractivity contribution in [1.29, 1.82) is 0 Å². The first-order valence-corrected chi connectivity index (χ1v) is 9.45. The van der Waals surface area contributed by atoms with Gasteiger partial charge in [-0.1, -0.05) is 0 Å². The number of carbonyl (C=O) groups excluding carboxylic acids is 1. The number of likely N-dealkylation sites (tertiary alicyclic amines) is 1. The highest BCUT2D eigenvalue weighted by atomic mass is 32.1. The van der Waals surface area contributed by atoms with Crippen LogP contribution in [0, 0.1) is 0 Å². The largest absolute Gasteiger partial charge is 0.487 e. The molecule has 8 heteroatoms. The van der Waals surface area contributed by atoms with Crippen molar-refractivity contribution in [2.24, 2.45) is 0 Å². The Labute approximate surface area is 155 Å². The number of hydrogen-bond acceptors (Lipinski definition) is 6. The molecule has 0 spiro atoms. The number of pyridine rings is 1. The van der Waals surface area contributed by atoms with Crippen LogP contribution in [-0.2, 0) is 11.3 Å². The normalized spacial score (nSPS) is 20.5. The van der Waals surface area contributed by atoms with E-state index < -0.39 is 0 Å².